The van der Waals surface area contributed by atoms with E-state index in [1.54, 1.807) is 11.8 Å². The molecule has 1 aliphatic carbocycles. The van der Waals surface area contributed by atoms with Crippen molar-refractivity contribution >= 4 is 29.1 Å². The zero-order valence-electron chi connectivity index (χ0n) is 17.9. The van der Waals surface area contributed by atoms with E-state index in [1.165, 1.54) is 6.20 Å². The number of amidine groups is 1. The summed E-state index contributed by atoms with van der Waals surface area (Å²) in [4.78, 5) is 17.9. The van der Waals surface area contributed by atoms with Gasteiger partial charge in [0.1, 0.15) is 5.84 Å². The van der Waals surface area contributed by atoms with Crippen LogP contribution in [0.2, 0.25) is 0 Å². The van der Waals surface area contributed by atoms with Crippen molar-refractivity contribution in [1.29, 1.82) is 0 Å². The number of ketones is 1. The summed E-state index contributed by atoms with van der Waals surface area (Å²) in [5.41, 5.74) is 17.8. The van der Waals surface area contributed by atoms with Crippen molar-refractivity contribution < 1.29 is 4.79 Å². The number of Topliss-reactive ketones (excluding diaryl/α,β-unsaturated/α-hetero) is 1. The molecule has 6 heteroatoms. The highest BCUT2D eigenvalue weighted by atomic mass is 32.2. The first-order chi connectivity index (χ1) is 13.6. The molecule has 154 valence electrons. The topological polar surface area (TPSA) is 86.4 Å². The number of hydrogen-bond donors (Lipinski definition) is 2. The maximum Gasteiger partial charge on any atom is 0.165 e. The lowest BCUT2D eigenvalue weighted by Gasteiger charge is -2.30. The molecule has 1 aromatic carbocycles. The average Bonchev–Trinajstić information content (AvgIpc) is 2.91. The summed E-state index contributed by atoms with van der Waals surface area (Å²) in [5.74, 6) is 0.564. The van der Waals surface area contributed by atoms with Gasteiger partial charge in [-0.15, -0.1) is 11.8 Å². The average molecular weight is 411 g/mol. The fourth-order valence-corrected chi connectivity index (χ4v) is 5.02. The number of carbonyl (C=O) groups is 1. The molecule has 0 aliphatic heterocycles. The molecule has 0 radical (unpaired) electrons. The fraction of sp³-hybridized carbons (Fsp3) is 0.391. The summed E-state index contributed by atoms with van der Waals surface area (Å²) in [6.07, 6.45) is 4.89. The Balaban J connectivity index is 2.26. The van der Waals surface area contributed by atoms with Crippen LogP contribution in [-0.2, 0) is 6.42 Å². The predicted octanol–water partition coefficient (Wildman–Crippen LogP) is 4.87. The molecule has 5 nitrogen and oxygen atoms in total. The summed E-state index contributed by atoms with van der Waals surface area (Å²) in [6.45, 7) is 14.2. The van der Waals surface area contributed by atoms with Crippen molar-refractivity contribution in [2.45, 2.75) is 57.6 Å². The third-order valence-electron chi connectivity index (χ3n) is 5.16. The minimum Gasteiger partial charge on any atom is -0.397 e. The Bertz CT molecular complexity index is 1010. The van der Waals surface area contributed by atoms with Gasteiger partial charge >= 0.3 is 0 Å². The van der Waals surface area contributed by atoms with Crippen LogP contribution >= 0.6 is 11.8 Å². The first kappa shape index (κ1) is 21.2. The summed E-state index contributed by atoms with van der Waals surface area (Å²) in [7, 11) is 0. The van der Waals surface area contributed by atoms with E-state index in [2.05, 4.69) is 50.0 Å². The van der Waals surface area contributed by atoms with Gasteiger partial charge in [-0.25, -0.2) is 4.99 Å². The lowest BCUT2D eigenvalue weighted by atomic mass is 9.75. The van der Waals surface area contributed by atoms with E-state index < -0.39 is 0 Å². The van der Waals surface area contributed by atoms with Crippen LogP contribution in [0.25, 0.3) is 5.69 Å². The van der Waals surface area contributed by atoms with Crippen LogP contribution in [0.3, 0.4) is 0 Å². The van der Waals surface area contributed by atoms with Gasteiger partial charge in [0.05, 0.1) is 16.3 Å². The molecule has 1 heterocycles. The molecule has 0 amide bonds. The lowest BCUT2D eigenvalue weighted by Crippen LogP contribution is -2.28. The number of fused-ring (bicyclic) bond motifs is 1. The smallest absolute Gasteiger partial charge is 0.165 e. The maximum atomic E-state index is 12.8. The van der Waals surface area contributed by atoms with Crippen LogP contribution < -0.4 is 11.5 Å². The fourth-order valence-electron chi connectivity index (χ4n) is 4.02. The van der Waals surface area contributed by atoms with Gasteiger partial charge in [-0.3, -0.25) is 4.79 Å². The molecular weight excluding hydrogens is 380 g/mol. The Morgan fingerprint density at radius 3 is 2.66 bits per heavy atom. The van der Waals surface area contributed by atoms with Crippen molar-refractivity contribution in [3.63, 3.8) is 0 Å². The molecular formula is C23H30N4OS. The van der Waals surface area contributed by atoms with Crippen LogP contribution in [0.4, 0.5) is 5.69 Å². The molecule has 0 bridgehead atoms. The van der Waals surface area contributed by atoms with Crippen molar-refractivity contribution in [2.24, 2.45) is 16.1 Å². The third kappa shape index (κ3) is 3.99. The monoisotopic (exact) mass is 410 g/mol. The van der Waals surface area contributed by atoms with E-state index in [9.17, 15) is 4.79 Å². The number of anilines is 1. The first-order valence-electron chi connectivity index (χ1n) is 9.84. The van der Waals surface area contributed by atoms with E-state index in [0.717, 1.165) is 33.8 Å². The van der Waals surface area contributed by atoms with Gasteiger partial charge in [-0.2, -0.15) is 0 Å². The number of nitrogen functional groups attached to an aromatic ring is 1. The van der Waals surface area contributed by atoms with E-state index in [0.29, 0.717) is 28.8 Å². The molecule has 0 spiro atoms. The van der Waals surface area contributed by atoms with Crippen molar-refractivity contribution in [1.82, 2.24) is 4.57 Å². The number of aliphatic imine (C=N–C) groups is 1. The first-order valence-corrected chi connectivity index (χ1v) is 10.7. The quantitative estimate of drug-likeness (QED) is 0.319. The van der Waals surface area contributed by atoms with Gasteiger partial charge in [0.25, 0.3) is 0 Å². The molecule has 4 N–H and O–H groups in total. The van der Waals surface area contributed by atoms with Gasteiger partial charge in [-0.1, -0.05) is 34.3 Å². The van der Waals surface area contributed by atoms with Gasteiger partial charge in [-0.05, 0) is 36.5 Å². The number of carbonyl (C=O) groups excluding carboxylic acids is 1. The highest BCUT2D eigenvalue weighted by molar-refractivity contribution is 8.00. The molecule has 0 saturated carbocycles. The molecule has 1 aromatic heterocycles. The van der Waals surface area contributed by atoms with Crippen molar-refractivity contribution in [2.75, 3.05) is 5.73 Å². The number of aryl methyl sites for hydroxylation is 1. The SMILES string of the molecule is C=C/N=C(/N)c1ccc(-n2cc(C)c3c2CC(C)(C)CC3=O)c(SC(C)C)c1N. The number of rotatable bonds is 5. The second-order valence-electron chi connectivity index (χ2n) is 8.68. The number of nitrogens with two attached hydrogens (primary N) is 2. The van der Waals surface area contributed by atoms with Crippen LogP contribution in [-0.4, -0.2) is 21.4 Å². The minimum atomic E-state index is -0.0650. The molecule has 29 heavy (non-hydrogen) atoms. The minimum absolute atomic E-state index is 0.0650. The van der Waals surface area contributed by atoms with E-state index in [1.807, 2.05) is 19.1 Å². The van der Waals surface area contributed by atoms with Crippen LogP contribution in [0.15, 0.2) is 41.0 Å². The normalized spacial score (nSPS) is 16.2. The third-order valence-corrected chi connectivity index (χ3v) is 6.29. The van der Waals surface area contributed by atoms with Gasteiger partial charge in [0.15, 0.2) is 5.78 Å². The predicted molar refractivity (Wildman–Crippen MR) is 123 cm³/mol. The Labute approximate surface area is 177 Å². The van der Waals surface area contributed by atoms with Crippen LogP contribution in [0.5, 0.6) is 0 Å². The largest absolute Gasteiger partial charge is 0.397 e. The van der Waals surface area contributed by atoms with E-state index >= 15 is 0 Å². The maximum absolute atomic E-state index is 12.8. The molecule has 0 saturated heterocycles. The zero-order valence-corrected chi connectivity index (χ0v) is 18.7. The van der Waals surface area contributed by atoms with Gasteiger partial charge < -0.3 is 16.0 Å². The van der Waals surface area contributed by atoms with Crippen LogP contribution in [0, 0.1) is 12.3 Å². The second kappa shape index (κ2) is 7.75. The Kier molecular flexibility index (Phi) is 5.68. The lowest BCUT2D eigenvalue weighted by molar-refractivity contribution is 0.0910. The molecule has 1 aliphatic rings. The summed E-state index contributed by atoms with van der Waals surface area (Å²) < 4.78 is 2.15. The number of nitrogens with zero attached hydrogens (tertiary/aromatic N) is 2. The van der Waals surface area contributed by atoms with E-state index in [4.69, 9.17) is 11.5 Å². The zero-order chi connectivity index (χ0) is 21.5. The highest BCUT2D eigenvalue weighted by Crippen LogP contribution is 2.42. The Morgan fingerprint density at radius 1 is 1.34 bits per heavy atom. The highest BCUT2D eigenvalue weighted by Gasteiger charge is 2.35. The standard InChI is InChI=1S/C23H30N4OS/c1-7-26-22(25)15-8-9-16(21(20(15)24)29-13(2)3)27-12-14(4)19-17(27)10-23(5,6)11-18(19)28/h7-9,12-13H,1,10-11,24H2,2-6H3,(H2,25,26). The molecule has 0 atom stereocenters. The number of aromatic nitrogens is 1. The summed E-state index contributed by atoms with van der Waals surface area (Å²) in [5, 5.41) is 0.328. The Hall–Kier alpha value is -2.47. The number of thioether (sulfide) groups is 1. The number of benzene rings is 1. The van der Waals surface area contributed by atoms with Crippen LogP contribution in [0.1, 0.15) is 61.3 Å². The van der Waals surface area contributed by atoms with Gasteiger partial charge in [0.2, 0.25) is 0 Å². The molecule has 0 unspecified atom stereocenters. The Morgan fingerprint density at radius 2 is 2.03 bits per heavy atom. The summed E-state index contributed by atoms with van der Waals surface area (Å²) in [6, 6.07) is 3.92. The molecule has 2 aromatic rings. The van der Waals surface area contributed by atoms with Gasteiger partial charge in [0, 0.05) is 40.9 Å². The molecule has 0 fully saturated rings. The number of hydrogen-bond acceptors (Lipinski definition) is 4. The van der Waals surface area contributed by atoms with E-state index in [-0.39, 0.29) is 11.2 Å². The van der Waals surface area contributed by atoms with Crippen molar-refractivity contribution in [3.8, 4) is 5.69 Å². The van der Waals surface area contributed by atoms with Crippen molar-refractivity contribution in [3.05, 3.63) is 53.5 Å². The second-order valence-corrected chi connectivity index (χ2v) is 10.3. The summed E-state index contributed by atoms with van der Waals surface area (Å²) >= 11 is 1.69. The molecule has 3 rings (SSSR count).